The van der Waals surface area contributed by atoms with E-state index in [1.54, 1.807) is 6.33 Å². The SMILES string of the molecule is CC[C@H](C)NC(=O)CSc1nncn1-c1ccc(C)c(Cl)c1. The number of amides is 1. The molecule has 7 heteroatoms. The number of nitrogens with one attached hydrogen (secondary N) is 1. The largest absolute Gasteiger partial charge is 0.353 e. The Balaban J connectivity index is 2.06. The summed E-state index contributed by atoms with van der Waals surface area (Å²) in [5.41, 5.74) is 1.89. The Labute approximate surface area is 139 Å². The molecule has 1 amide bonds. The Morgan fingerprint density at radius 3 is 2.95 bits per heavy atom. The maximum absolute atomic E-state index is 11.8. The quantitative estimate of drug-likeness (QED) is 0.821. The van der Waals surface area contributed by atoms with Gasteiger partial charge in [-0.3, -0.25) is 9.36 Å². The van der Waals surface area contributed by atoms with E-state index < -0.39 is 0 Å². The molecule has 0 fully saturated rings. The summed E-state index contributed by atoms with van der Waals surface area (Å²) in [6.45, 7) is 5.97. The van der Waals surface area contributed by atoms with Crippen LogP contribution in [-0.2, 0) is 4.79 Å². The molecule has 0 unspecified atom stereocenters. The van der Waals surface area contributed by atoms with Gasteiger partial charge in [0.2, 0.25) is 5.91 Å². The summed E-state index contributed by atoms with van der Waals surface area (Å²) in [4.78, 5) is 11.8. The zero-order valence-corrected chi connectivity index (χ0v) is 14.4. The van der Waals surface area contributed by atoms with Crippen molar-refractivity contribution in [3.63, 3.8) is 0 Å². The van der Waals surface area contributed by atoms with Crippen LogP contribution in [0.5, 0.6) is 0 Å². The van der Waals surface area contributed by atoms with E-state index in [0.29, 0.717) is 15.9 Å². The lowest BCUT2D eigenvalue weighted by Gasteiger charge is -2.11. The lowest BCUT2D eigenvalue weighted by molar-refractivity contribution is -0.119. The zero-order valence-electron chi connectivity index (χ0n) is 12.8. The molecule has 0 bridgehead atoms. The normalized spacial score (nSPS) is 12.2. The van der Waals surface area contributed by atoms with Crippen LogP contribution in [0.2, 0.25) is 5.02 Å². The first-order valence-electron chi connectivity index (χ1n) is 7.10. The molecule has 1 heterocycles. The minimum absolute atomic E-state index is 0.00385. The Morgan fingerprint density at radius 2 is 2.27 bits per heavy atom. The smallest absolute Gasteiger partial charge is 0.230 e. The van der Waals surface area contributed by atoms with Gasteiger partial charge in [-0.1, -0.05) is 36.4 Å². The number of aryl methyl sites for hydroxylation is 1. The van der Waals surface area contributed by atoms with Crippen LogP contribution in [0, 0.1) is 6.92 Å². The maximum atomic E-state index is 11.8. The summed E-state index contributed by atoms with van der Waals surface area (Å²) in [5.74, 6) is 0.304. The average Bonchev–Trinajstić information content (AvgIpc) is 2.96. The van der Waals surface area contributed by atoms with Crippen LogP contribution in [0.25, 0.3) is 5.69 Å². The molecule has 0 saturated carbocycles. The number of benzene rings is 1. The highest BCUT2D eigenvalue weighted by atomic mass is 35.5. The number of halogens is 1. The Bertz CT molecular complexity index is 659. The van der Waals surface area contributed by atoms with Gasteiger partial charge in [0.25, 0.3) is 0 Å². The molecule has 0 aliphatic heterocycles. The molecule has 1 N–H and O–H groups in total. The van der Waals surface area contributed by atoms with Gasteiger partial charge in [-0.2, -0.15) is 0 Å². The number of hydrogen-bond donors (Lipinski definition) is 1. The van der Waals surface area contributed by atoms with Crippen LogP contribution in [0.1, 0.15) is 25.8 Å². The molecular weight excluding hydrogens is 320 g/mol. The average molecular weight is 339 g/mol. The molecule has 0 aliphatic rings. The zero-order chi connectivity index (χ0) is 16.1. The van der Waals surface area contributed by atoms with Crippen molar-refractivity contribution >= 4 is 29.3 Å². The Hall–Kier alpha value is -1.53. The molecular formula is C15H19ClN4OS. The van der Waals surface area contributed by atoms with Gasteiger partial charge in [0, 0.05) is 11.1 Å². The summed E-state index contributed by atoms with van der Waals surface area (Å²) < 4.78 is 1.83. The highest BCUT2D eigenvalue weighted by Gasteiger charge is 2.12. The van der Waals surface area contributed by atoms with Crippen LogP contribution in [0.4, 0.5) is 0 Å². The van der Waals surface area contributed by atoms with Crippen molar-refractivity contribution in [1.29, 1.82) is 0 Å². The van der Waals surface area contributed by atoms with Crippen molar-refractivity contribution in [2.45, 2.75) is 38.4 Å². The molecule has 0 spiro atoms. The third kappa shape index (κ3) is 4.24. The second-order valence-electron chi connectivity index (χ2n) is 5.08. The third-order valence-corrected chi connectivity index (χ3v) is 4.65. The number of hydrogen-bond acceptors (Lipinski definition) is 4. The first-order chi connectivity index (χ1) is 10.5. The number of thioether (sulfide) groups is 1. The van der Waals surface area contributed by atoms with E-state index in [9.17, 15) is 4.79 Å². The van der Waals surface area contributed by atoms with Crippen LogP contribution < -0.4 is 5.32 Å². The highest BCUT2D eigenvalue weighted by molar-refractivity contribution is 7.99. The van der Waals surface area contributed by atoms with Gasteiger partial charge in [0.05, 0.1) is 11.4 Å². The number of rotatable bonds is 6. The van der Waals surface area contributed by atoms with Crippen molar-refractivity contribution in [2.75, 3.05) is 5.75 Å². The van der Waals surface area contributed by atoms with E-state index >= 15 is 0 Å². The second kappa shape index (κ2) is 7.65. The molecule has 2 aromatic rings. The van der Waals surface area contributed by atoms with Crippen LogP contribution in [0.3, 0.4) is 0 Å². The number of nitrogens with zero attached hydrogens (tertiary/aromatic N) is 3. The number of carbonyl (C=O) groups is 1. The van der Waals surface area contributed by atoms with E-state index in [-0.39, 0.29) is 11.9 Å². The predicted octanol–water partition coefficient (Wildman–Crippen LogP) is 3.24. The summed E-state index contributed by atoms with van der Waals surface area (Å²) in [6, 6.07) is 5.95. The predicted molar refractivity (Wildman–Crippen MR) is 89.7 cm³/mol. The first-order valence-corrected chi connectivity index (χ1v) is 8.46. The summed E-state index contributed by atoms with van der Waals surface area (Å²) in [5, 5.41) is 12.3. The molecule has 1 atom stereocenters. The monoisotopic (exact) mass is 338 g/mol. The van der Waals surface area contributed by atoms with Gasteiger partial charge in [-0.15, -0.1) is 10.2 Å². The Kier molecular flexibility index (Phi) is 5.85. The third-order valence-electron chi connectivity index (χ3n) is 3.30. The second-order valence-corrected chi connectivity index (χ2v) is 6.43. The van der Waals surface area contributed by atoms with Gasteiger partial charge in [-0.05, 0) is 38.0 Å². The number of carbonyl (C=O) groups excluding carboxylic acids is 1. The summed E-state index contributed by atoms with van der Waals surface area (Å²) in [7, 11) is 0. The van der Waals surface area contributed by atoms with E-state index in [2.05, 4.69) is 15.5 Å². The van der Waals surface area contributed by atoms with Gasteiger partial charge in [0.15, 0.2) is 5.16 Å². The van der Waals surface area contributed by atoms with Crippen molar-refractivity contribution in [1.82, 2.24) is 20.1 Å². The molecule has 0 aliphatic carbocycles. The lowest BCUT2D eigenvalue weighted by atomic mass is 10.2. The van der Waals surface area contributed by atoms with Gasteiger partial charge in [0.1, 0.15) is 6.33 Å². The summed E-state index contributed by atoms with van der Waals surface area (Å²) in [6.07, 6.45) is 2.53. The van der Waals surface area contributed by atoms with Crippen LogP contribution in [0.15, 0.2) is 29.7 Å². The van der Waals surface area contributed by atoms with Crippen molar-refractivity contribution in [2.24, 2.45) is 0 Å². The van der Waals surface area contributed by atoms with Crippen molar-refractivity contribution in [3.8, 4) is 5.69 Å². The summed E-state index contributed by atoms with van der Waals surface area (Å²) >= 11 is 7.51. The molecule has 5 nitrogen and oxygen atoms in total. The Morgan fingerprint density at radius 1 is 1.50 bits per heavy atom. The van der Waals surface area contributed by atoms with Crippen LogP contribution >= 0.6 is 23.4 Å². The molecule has 118 valence electrons. The molecule has 2 rings (SSSR count). The molecule has 1 aromatic carbocycles. The standard InChI is InChI=1S/C15H19ClN4OS/c1-4-11(3)18-14(21)8-22-15-19-17-9-20(15)12-6-5-10(2)13(16)7-12/h5-7,9,11H,4,8H2,1-3H3,(H,18,21)/t11-/m0/s1. The molecule has 22 heavy (non-hydrogen) atoms. The van der Waals surface area contributed by atoms with E-state index in [1.807, 2.05) is 43.5 Å². The van der Waals surface area contributed by atoms with Crippen LogP contribution in [-0.4, -0.2) is 32.5 Å². The molecule has 0 saturated heterocycles. The number of aromatic nitrogens is 3. The van der Waals surface area contributed by atoms with E-state index in [1.165, 1.54) is 11.8 Å². The van der Waals surface area contributed by atoms with Crippen molar-refractivity contribution in [3.05, 3.63) is 35.1 Å². The highest BCUT2D eigenvalue weighted by Crippen LogP contribution is 2.23. The fourth-order valence-electron chi connectivity index (χ4n) is 1.78. The topological polar surface area (TPSA) is 59.8 Å². The minimum Gasteiger partial charge on any atom is -0.353 e. The fourth-order valence-corrected chi connectivity index (χ4v) is 2.70. The van der Waals surface area contributed by atoms with Gasteiger partial charge in [-0.25, -0.2) is 0 Å². The minimum atomic E-state index is -0.00385. The van der Waals surface area contributed by atoms with E-state index in [4.69, 9.17) is 11.6 Å². The van der Waals surface area contributed by atoms with Crippen molar-refractivity contribution < 1.29 is 4.79 Å². The van der Waals surface area contributed by atoms with E-state index in [0.717, 1.165) is 17.7 Å². The van der Waals surface area contributed by atoms with Gasteiger partial charge >= 0.3 is 0 Å². The fraction of sp³-hybridized carbons (Fsp3) is 0.400. The molecule has 1 aromatic heterocycles. The first kappa shape index (κ1) is 16.8. The van der Waals surface area contributed by atoms with Gasteiger partial charge < -0.3 is 5.32 Å². The molecule has 0 radical (unpaired) electrons. The maximum Gasteiger partial charge on any atom is 0.230 e. The lowest BCUT2D eigenvalue weighted by Crippen LogP contribution is -2.33.